The number of ether oxygens (including phenoxy) is 1. The topological polar surface area (TPSA) is 72.3 Å². The highest BCUT2D eigenvalue weighted by atomic mass is 19.1. The number of nitrogens with zero attached hydrogens (tertiary/aromatic N) is 3. The first-order valence-electron chi connectivity index (χ1n) is 7.96. The minimum Gasteiger partial charge on any atom is -0.497 e. The van der Waals surface area contributed by atoms with Crippen LogP contribution >= 0.6 is 0 Å². The fraction of sp³-hybridized carbons (Fsp3) is 0.105. The summed E-state index contributed by atoms with van der Waals surface area (Å²) >= 11 is 0. The van der Waals surface area contributed by atoms with Crippen LogP contribution in [-0.2, 0) is 0 Å². The van der Waals surface area contributed by atoms with Gasteiger partial charge in [-0.25, -0.2) is 9.37 Å². The molecule has 0 saturated heterocycles. The lowest BCUT2D eigenvalue weighted by atomic mass is 10.2. The molecule has 26 heavy (non-hydrogen) atoms. The van der Waals surface area contributed by atoms with Gasteiger partial charge in [0, 0.05) is 10.9 Å². The molecule has 0 spiro atoms. The maximum Gasteiger partial charge on any atom is 0.298 e. The second-order valence-corrected chi connectivity index (χ2v) is 5.83. The molecule has 0 aliphatic carbocycles. The summed E-state index contributed by atoms with van der Waals surface area (Å²) in [6.07, 6.45) is 1.49. The van der Waals surface area contributed by atoms with Crippen LogP contribution in [0.3, 0.4) is 0 Å². The minimum atomic E-state index is -0.327. The van der Waals surface area contributed by atoms with E-state index in [0.717, 1.165) is 10.9 Å². The highest BCUT2D eigenvalue weighted by Gasteiger charge is 2.13. The smallest absolute Gasteiger partial charge is 0.298 e. The molecule has 7 heteroatoms. The summed E-state index contributed by atoms with van der Waals surface area (Å²) in [6, 6.07) is 11.3. The Hall–Kier alpha value is -3.48. The van der Waals surface area contributed by atoms with Crippen LogP contribution in [0.5, 0.6) is 5.75 Å². The lowest BCUT2D eigenvalue weighted by molar-refractivity contribution is 0.415. The number of aromatic nitrogens is 3. The van der Waals surface area contributed by atoms with E-state index in [1.165, 1.54) is 23.0 Å². The van der Waals surface area contributed by atoms with E-state index >= 15 is 0 Å². The number of aromatic amines is 1. The Morgan fingerprint density at radius 2 is 2.00 bits per heavy atom. The molecule has 2 heterocycles. The van der Waals surface area contributed by atoms with Gasteiger partial charge < -0.3 is 9.72 Å². The maximum absolute atomic E-state index is 13.0. The Kier molecular flexibility index (Phi) is 3.76. The largest absolute Gasteiger partial charge is 0.497 e. The molecule has 2 aromatic carbocycles. The normalized spacial score (nSPS) is 11.7. The SMILES string of the molecule is COc1ccc2[nH]c3c(=O)n(N=Cc4ccc(F)cc4)c(C)nc3c2c1. The van der Waals surface area contributed by atoms with Crippen molar-refractivity contribution >= 4 is 28.2 Å². The third kappa shape index (κ3) is 2.63. The van der Waals surface area contributed by atoms with E-state index in [-0.39, 0.29) is 11.4 Å². The summed E-state index contributed by atoms with van der Waals surface area (Å²) < 4.78 is 19.5. The van der Waals surface area contributed by atoms with Crippen LogP contribution in [0, 0.1) is 12.7 Å². The third-order valence-electron chi connectivity index (χ3n) is 4.16. The fourth-order valence-corrected chi connectivity index (χ4v) is 2.83. The van der Waals surface area contributed by atoms with Crippen molar-refractivity contribution in [3.8, 4) is 5.75 Å². The monoisotopic (exact) mass is 350 g/mol. The van der Waals surface area contributed by atoms with E-state index in [1.54, 1.807) is 26.2 Å². The van der Waals surface area contributed by atoms with Gasteiger partial charge in [-0.3, -0.25) is 4.79 Å². The molecule has 4 rings (SSSR count). The summed E-state index contributed by atoms with van der Waals surface area (Å²) in [5, 5.41) is 5.02. The van der Waals surface area contributed by atoms with Crippen LogP contribution in [0.25, 0.3) is 21.9 Å². The molecule has 0 aliphatic rings. The molecule has 4 aromatic rings. The van der Waals surface area contributed by atoms with Crippen molar-refractivity contribution in [2.75, 3.05) is 7.11 Å². The van der Waals surface area contributed by atoms with Crippen LogP contribution in [0.15, 0.2) is 52.4 Å². The number of benzene rings is 2. The van der Waals surface area contributed by atoms with Crippen molar-refractivity contribution < 1.29 is 9.13 Å². The van der Waals surface area contributed by atoms with Gasteiger partial charge in [-0.15, -0.1) is 0 Å². The first-order chi connectivity index (χ1) is 12.6. The van der Waals surface area contributed by atoms with Crippen molar-refractivity contribution in [2.24, 2.45) is 5.10 Å². The first kappa shape index (κ1) is 16.0. The van der Waals surface area contributed by atoms with Crippen LogP contribution in [0.1, 0.15) is 11.4 Å². The van der Waals surface area contributed by atoms with Gasteiger partial charge in [0.05, 0.1) is 13.3 Å². The highest BCUT2D eigenvalue weighted by molar-refractivity contribution is 6.05. The second kappa shape index (κ2) is 6.11. The van der Waals surface area contributed by atoms with Gasteiger partial charge in [0.1, 0.15) is 28.4 Å². The molecule has 0 aliphatic heterocycles. The van der Waals surface area contributed by atoms with Gasteiger partial charge in [0.25, 0.3) is 5.56 Å². The number of H-pyrrole nitrogens is 1. The molecule has 2 aromatic heterocycles. The van der Waals surface area contributed by atoms with Gasteiger partial charge in [0.2, 0.25) is 0 Å². The van der Waals surface area contributed by atoms with E-state index in [9.17, 15) is 9.18 Å². The summed E-state index contributed by atoms with van der Waals surface area (Å²) in [6.45, 7) is 1.71. The maximum atomic E-state index is 13.0. The second-order valence-electron chi connectivity index (χ2n) is 5.83. The zero-order valence-corrected chi connectivity index (χ0v) is 14.2. The number of halogens is 1. The van der Waals surface area contributed by atoms with E-state index in [0.29, 0.717) is 28.2 Å². The fourth-order valence-electron chi connectivity index (χ4n) is 2.83. The molecule has 0 fully saturated rings. The van der Waals surface area contributed by atoms with E-state index in [4.69, 9.17) is 4.74 Å². The van der Waals surface area contributed by atoms with Crippen LogP contribution < -0.4 is 10.3 Å². The molecule has 1 N–H and O–H groups in total. The van der Waals surface area contributed by atoms with Gasteiger partial charge in [-0.1, -0.05) is 12.1 Å². The zero-order valence-electron chi connectivity index (χ0n) is 14.2. The average Bonchev–Trinajstić information content (AvgIpc) is 3.01. The summed E-state index contributed by atoms with van der Waals surface area (Å²) in [5.41, 5.74) is 2.12. The van der Waals surface area contributed by atoms with Crippen molar-refractivity contribution in [2.45, 2.75) is 6.92 Å². The van der Waals surface area contributed by atoms with Gasteiger partial charge in [-0.05, 0) is 42.8 Å². The molecule has 130 valence electrons. The Morgan fingerprint density at radius 1 is 1.23 bits per heavy atom. The molecule has 0 radical (unpaired) electrons. The Balaban J connectivity index is 1.87. The summed E-state index contributed by atoms with van der Waals surface area (Å²) in [5.74, 6) is 0.813. The van der Waals surface area contributed by atoms with Gasteiger partial charge in [0.15, 0.2) is 0 Å². The molecular formula is C19H15FN4O2. The van der Waals surface area contributed by atoms with Crippen molar-refractivity contribution in [3.63, 3.8) is 0 Å². The molecule has 0 unspecified atom stereocenters. The summed E-state index contributed by atoms with van der Waals surface area (Å²) in [7, 11) is 1.59. The molecule has 0 atom stereocenters. The molecule has 6 nitrogen and oxygen atoms in total. The number of nitrogens with one attached hydrogen (secondary N) is 1. The number of methoxy groups -OCH3 is 1. The zero-order chi connectivity index (χ0) is 18.3. The first-order valence-corrected chi connectivity index (χ1v) is 7.96. The van der Waals surface area contributed by atoms with E-state index < -0.39 is 0 Å². The number of hydrogen-bond donors (Lipinski definition) is 1. The quantitative estimate of drug-likeness (QED) is 0.577. The van der Waals surface area contributed by atoms with Gasteiger partial charge in [-0.2, -0.15) is 9.78 Å². The van der Waals surface area contributed by atoms with E-state index in [1.807, 2.05) is 18.2 Å². The van der Waals surface area contributed by atoms with Crippen LogP contribution in [-0.4, -0.2) is 28.0 Å². The standard InChI is InChI=1S/C19H15FN4O2/c1-11-22-17-15-9-14(26-2)7-8-16(15)23-18(17)19(25)24(11)21-10-12-3-5-13(20)6-4-12/h3-10,23H,1-2H3. The number of hydrogen-bond acceptors (Lipinski definition) is 4. The minimum absolute atomic E-state index is 0.305. The molecule has 0 saturated carbocycles. The van der Waals surface area contributed by atoms with Crippen LogP contribution in [0.4, 0.5) is 4.39 Å². The van der Waals surface area contributed by atoms with Gasteiger partial charge >= 0.3 is 0 Å². The third-order valence-corrected chi connectivity index (χ3v) is 4.16. The predicted octanol–water partition coefficient (Wildman–Crippen LogP) is 3.22. The number of rotatable bonds is 3. The molecule has 0 amide bonds. The lowest BCUT2D eigenvalue weighted by Crippen LogP contribution is -2.20. The summed E-state index contributed by atoms with van der Waals surface area (Å²) in [4.78, 5) is 20.5. The molecular weight excluding hydrogens is 335 g/mol. The molecule has 0 bridgehead atoms. The Labute approximate surface area is 147 Å². The van der Waals surface area contributed by atoms with E-state index in [2.05, 4.69) is 15.1 Å². The predicted molar refractivity (Wildman–Crippen MR) is 98.5 cm³/mol. The number of fused-ring (bicyclic) bond motifs is 3. The highest BCUT2D eigenvalue weighted by Crippen LogP contribution is 2.26. The average molecular weight is 350 g/mol. The van der Waals surface area contributed by atoms with Crippen molar-refractivity contribution in [1.29, 1.82) is 0 Å². The Bertz CT molecular complexity index is 1210. The number of aryl methyl sites for hydroxylation is 1. The van der Waals surface area contributed by atoms with Crippen molar-refractivity contribution in [1.82, 2.24) is 14.6 Å². The Morgan fingerprint density at radius 3 is 2.73 bits per heavy atom. The van der Waals surface area contributed by atoms with Crippen LogP contribution in [0.2, 0.25) is 0 Å². The van der Waals surface area contributed by atoms with Crippen molar-refractivity contribution in [3.05, 3.63) is 70.0 Å². The lowest BCUT2D eigenvalue weighted by Gasteiger charge is -2.03.